The first kappa shape index (κ1) is 19.1. The van der Waals surface area contributed by atoms with Crippen molar-refractivity contribution in [3.63, 3.8) is 0 Å². The molecule has 0 saturated heterocycles. The van der Waals surface area contributed by atoms with Crippen molar-refractivity contribution in [3.8, 4) is 16.3 Å². The van der Waals surface area contributed by atoms with Gasteiger partial charge in [-0.15, -0.1) is 0 Å². The summed E-state index contributed by atoms with van der Waals surface area (Å²) in [6.45, 7) is 1.99. The number of thiazole rings is 1. The quantitative estimate of drug-likeness (QED) is 0.478. The van der Waals surface area contributed by atoms with Crippen LogP contribution in [0.5, 0.6) is 5.75 Å². The standard InChI is InChI=1S/C23H21N3O2S/c1-15-5-9-17(22-26-19-4-3-13-24-23(19)29-22)14-20(15)25-21(27)12-8-16-6-10-18(28-2)11-7-16/h3-7,9-11,13-14H,8,12H2,1-2H3,(H,25,27). The van der Waals surface area contributed by atoms with Gasteiger partial charge in [0.2, 0.25) is 5.91 Å². The zero-order chi connectivity index (χ0) is 20.2. The summed E-state index contributed by atoms with van der Waals surface area (Å²) in [7, 11) is 1.64. The van der Waals surface area contributed by atoms with Gasteiger partial charge in [-0.1, -0.05) is 35.6 Å². The summed E-state index contributed by atoms with van der Waals surface area (Å²) in [6.07, 6.45) is 2.87. The molecule has 2 aromatic heterocycles. The van der Waals surface area contributed by atoms with Gasteiger partial charge in [0, 0.05) is 23.9 Å². The minimum atomic E-state index is -0.00738. The Kier molecular flexibility index (Phi) is 5.53. The Hall–Kier alpha value is -3.25. The van der Waals surface area contributed by atoms with E-state index in [2.05, 4.69) is 15.3 Å². The SMILES string of the molecule is COc1ccc(CCC(=O)Nc2cc(-c3nc4cccnc4s3)ccc2C)cc1. The van der Waals surface area contributed by atoms with Crippen LogP contribution in [0.4, 0.5) is 5.69 Å². The second-order valence-electron chi connectivity index (χ2n) is 6.77. The number of hydrogen-bond acceptors (Lipinski definition) is 5. The highest BCUT2D eigenvalue weighted by Gasteiger charge is 2.11. The Balaban J connectivity index is 1.46. The van der Waals surface area contributed by atoms with Crippen LogP contribution in [0.25, 0.3) is 20.9 Å². The molecule has 0 spiro atoms. The molecule has 4 aromatic rings. The Morgan fingerprint density at radius 2 is 1.97 bits per heavy atom. The van der Waals surface area contributed by atoms with E-state index in [0.29, 0.717) is 12.8 Å². The summed E-state index contributed by atoms with van der Waals surface area (Å²) < 4.78 is 5.17. The fourth-order valence-electron chi connectivity index (χ4n) is 3.05. The maximum Gasteiger partial charge on any atom is 0.224 e. The number of amides is 1. The van der Waals surface area contributed by atoms with Crippen molar-refractivity contribution < 1.29 is 9.53 Å². The maximum atomic E-state index is 12.5. The van der Waals surface area contributed by atoms with Crippen molar-refractivity contribution in [2.24, 2.45) is 0 Å². The molecule has 2 aromatic carbocycles. The van der Waals surface area contributed by atoms with E-state index in [1.165, 1.54) is 0 Å². The highest BCUT2D eigenvalue weighted by molar-refractivity contribution is 7.21. The van der Waals surface area contributed by atoms with Crippen molar-refractivity contribution in [3.05, 3.63) is 71.9 Å². The van der Waals surface area contributed by atoms with Crippen molar-refractivity contribution >= 4 is 33.3 Å². The molecule has 29 heavy (non-hydrogen) atoms. The van der Waals surface area contributed by atoms with Crippen LogP contribution in [0.2, 0.25) is 0 Å². The number of hydrogen-bond donors (Lipinski definition) is 1. The third-order valence-electron chi connectivity index (χ3n) is 4.72. The molecule has 0 unspecified atom stereocenters. The van der Waals surface area contributed by atoms with Gasteiger partial charge in [-0.25, -0.2) is 9.97 Å². The molecule has 0 aliphatic heterocycles. The highest BCUT2D eigenvalue weighted by Crippen LogP contribution is 2.31. The number of carbonyl (C=O) groups excluding carboxylic acids is 1. The lowest BCUT2D eigenvalue weighted by atomic mass is 10.1. The average Bonchev–Trinajstić information content (AvgIpc) is 3.18. The fourth-order valence-corrected chi connectivity index (χ4v) is 3.95. The van der Waals surface area contributed by atoms with Crippen LogP contribution < -0.4 is 10.1 Å². The van der Waals surface area contributed by atoms with Crippen molar-refractivity contribution in [1.29, 1.82) is 0 Å². The number of anilines is 1. The monoisotopic (exact) mass is 403 g/mol. The largest absolute Gasteiger partial charge is 0.497 e. The lowest BCUT2D eigenvalue weighted by molar-refractivity contribution is -0.116. The average molecular weight is 404 g/mol. The normalized spacial score (nSPS) is 10.8. The van der Waals surface area contributed by atoms with Crippen molar-refractivity contribution in [1.82, 2.24) is 9.97 Å². The Morgan fingerprint density at radius 3 is 2.72 bits per heavy atom. The Morgan fingerprint density at radius 1 is 1.14 bits per heavy atom. The lowest BCUT2D eigenvalue weighted by Gasteiger charge is -2.10. The van der Waals surface area contributed by atoms with E-state index in [1.54, 1.807) is 24.6 Å². The minimum absolute atomic E-state index is 0.00738. The topological polar surface area (TPSA) is 64.1 Å². The molecular formula is C23H21N3O2S. The number of benzene rings is 2. The van der Waals surface area contributed by atoms with Crippen LogP contribution in [0.15, 0.2) is 60.8 Å². The van der Waals surface area contributed by atoms with E-state index in [1.807, 2.05) is 61.5 Å². The van der Waals surface area contributed by atoms with E-state index in [-0.39, 0.29) is 5.91 Å². The molecule has 6 heteroatoms. The third-order valence-corrected chi connectivity index (χ3v) is 5.75. The fraction of sp³-hybridized carbons (Fsp3) is 0.174. The molecule has 1 N–H and O–H groups in total. The van der Waals surface area contributed by atoms with Gasteiger partial charge in [-0.2, -0.15) is 0 Å². The predicted octanol–water partition coefficient (Wildman–Crippen LogP) is 5.25. The van der Waals surface area contributed by atoms with E-state index in [0.717, 1.165) is 43.5 Å². The van der Waals surface area contributed by atoms with E-state index in [4.69, 9.17) is 4.74 Å². The van der Waals surface area contributed by atoms with Crippen LogP contribution in [0.1, 0.15) is 17.5 Å². The predicted molar refractivity (Wildman–Crippen MR) is 118 cm³/mol. The molecule has 0 radical (unpaired) electrons. The van der Waals surface area contributed by atoms with Gasteiger partial charge in [-0.3, -0.25) is 4.79 Å². The molecule has 0 bridgehead atoms. The number of nitrogens with one attached hydrogen (secondary N) is 1. The number of fused-ring (bicyclic) bond motifs is 1. The molecule has 0 fully saturated rings. The van der Waals surface area contributed by atoms with E-state index in [9.17, 15) is 4.79 Å². The number of methoxy groups -OCH3 is 1. The first-order valence-electron chi connectivity index (χ1n) is 9.38. The first-order chi connectivity index (χ1) is 14.1. The summed E-state index contributed by atoms with van der Waals surface area (Å²) in [5.74, 6) is 0.808. The minimum Gasteiger partial charge on any atom is -0.497 e. The third kappa shape index (κ3) is 4.43. The second-order valence-corrected chi connectivity index (χ2v) is 7.75. The number of carbonyl (C=O) groups is 1. The number of nitrogens with zero attached hydrogens (tertiary/aromatic N) is 2. The molecule has 0 aliphatic rings. The molecule has 146 valence electrons. The lowest BCUT2D eigenvalue weighted by Crippen LogP contribution is -2.13. The van der Waals surface area contributed by atoms with Gasteiger partial charge < -0.3 is 10.1 Å². The van der Waals surface area contributed by atoms with Crippen LogP contribution >= 0.6 is 11.3 Å². The Bertz CT molecular complexity index is 1120. The second kappa shape index (κ2) is 8.41. The summed E-state index contributed by atoms with van der Waals surface area (Å²) >= 11 is 1.55. The van der Waals surface area contributed by atoms with Crippen LogP contribution in [-0.2, 0) is 11.2 Å². The van der Waals surface area contributed by atoms with Gasteiger partial charge in [0.25, 0.3) is 0 Å². The molecule has 0 aliphatic carbocycles. The molecule has 4 rings (SSSR count). The molecule has 0 atom stereocenters. The number of ether oxygens (including phenoxy) is 1. The van der Waals surface area contributed by atoms with Crippen LogP contribution in [0, 0.1) is 6.92 Å². The van der Waals surface area contributed by atoms with Crippen LogP contribution in [0.3, 0.4) is 0 Å². The van der Waals surface area contributed by atoms with Crippen molar-refractivity contribution in [2.45, 2.75) is 19.8 Å². The molecule has 5 nitrogen and oxygen atoms in total. The van der Waals surface area contributed by atoms with E-state index >= 15 is 0 Å². The smallest absolute Gasteiger partial charge is 0.224 e. The number of aryl methyl sites for hydroxylation is 2. The van der Waals surface area contributed by atoms with Gasteiger partial charge in [-0.05, 0) is 54.8 Å². The van der Waals surface area contributed by atoms with E-state index < -0.39 is 0 Å². The van der Waals surface area contributed by atoms with Crippen LogP contribution in [-0.4, -0.2) is 23.0 Å². The molecule has 0 saturated carbocycles. The highest BCUT2D eigenvalue weighted by atomic mass is 32.1. The number of pyridine rings is 1. The molecule has 1 amide bonds. The zero-order valence-electron chi connectivity index (χ0n) is 16.3. The number of aromatic nitrogens is 2. The molecular weight excluding hydrogens is 382 g/mol. The maximum absolute atomic E-state index is 12.5. The van der Waals surface area contributed by atoms with Crippen molar-refractivity contribution in [2.75, 3.05) is 12.4 Å². The summed E-state index contributed by atoms with van der Waals surface area (Å²) in [4.78, 5) is 22.4. The summed E-state index contributed by atoms with van der Waals surface area (Å²) in [5.41, 5.74) is 4.80. The van der Waals surface area contributed by atoms with Gasteiger partial charge in [0.1, 0.15) is 21.1 Å². The van der Waals surface area contributed by atoms with Gasteiger partial charge in [0.05, 0.1) is 7.11 Å². The first-order valence-corrected chi connectivity index (χ1v) is 10.2. The number of rotatable bonds is 6. The Labute approximate surface area is 173 Å². The molecule has 2 heterocycles. The van der Waals surface area contributed by atoms with Gasteiger partial charge in [0.15, 0.2) is 0 Å². The van der Waals surface area contributed by atoms with Gasteiger partial charge >= 0.3 is 0 Å². The zero-order valence-corrected chi connectivity index (χ0v) is 17.1. The summed E-state index contributed by atoms with van der Waals surface area (Å²) in [5, 5.41) is 3.94. The summed E-state index contributed by atoms with van der Waals surface area (Å²) in [6, 6.07) is 17.7.